The molecule has 0 bridgehead atoms. The number of aromatic nitrogens is 2. The number of nitrogens with two attached hydrogens (primary N) is 1. The Morgan fingerprint density at radius 1 is 1.35 bits per heavy atom. The molecule has 0 saturated heterocycles. The number of hydrogen-bond donors (Lipinski definition) is 2. The molecule has 0 unspecified atom stereocenters. The van der Waals surface area contributed by atoms with Crippen LogP contribution in [0.25, 0.3) is 0 Å². The highest BCUT2D eigenvalue weighted by Crippen LogP contribution is 2.29. The van der Waals surface area contributed by atoms with Crippen LogP contribution in [-0.4, -0.2) is 28.3 Å². The average Bonchev–Trinajstić information content (AvgIpc) is 2.17. The molecule has 98 valence electrons. The lowest BCUT2D eigenvalue weighted by Crippen LogP contribution is -2.11. The van der Waals surface area contributed by atoms with Crippen LogP contribution in [0.15, 0.2) is 6.07 Å². The van der Waals surface area contributed by atoms with E-state index in [-0.39, 0.29) is 19.1 Å². The van der Waals surface area contributed by atoms with Crippen molar-refractivity contribution in [1.29, 1.82) is 0 Å². The molecule has 0 saturated carbocycles. The van der Waals surface area contributed by atoms with Gasteiger partial charge in [0, 0.05) is 12.7 Å². The standard InChI is InChI=1S/C7H8F3N3O.C2H6O/c1-2-14-5-3-4(7(8,9)10)12-6(11)13-5;1-2-3/h3H,2H2,1H3,(H2,11,12,13);3H,2H2,1H3. The van der Waals surface area contributed by atoms with Crippen molar-refractivity contribution in [3.05, 3.63) is 11.8 Å². The van der Waals surface area contributed by atoms with Gasteiger partial charge >= 0.3 is 6.18 Å². The van der Waals surface area contributed by atoms with Crippen molar-refractivity contribution in [3.63, 3.8) is 0 Å². The summed E-state index contributed by atoms with van der Waals surface area (Å²) in [6.07, 6.45) is -4.54. The molecule has 0 spiro atoms. The maximum absolute atomic E-state index is 12.2. The van der Waals surface area contributed by atoms with Crippen LogP contribution in [0.4, 0.5) is 19.1 Å². The predicted octanol–water partition coefficient (Wildman–Crippen LogP) is 1.47. The summed E-state index contributed by atoms with van der Waals surface area (Å²) in [4.78, 5) is 6.53. The first-order valence-electron chi connectivity index (χ1n) is 4.80. The van der Waals surface area contributed by atoms with Crippen LogP contribution in [0.3, 0.4) is 0 Å². The van der Waals surface area contributed by atoms with Gasteiger partial charge in [-0.2, -0.15) is 18.2 Å². The molecule has 1 aromatic heterocycles. The molecule has 17 heavy (non-hydrogen) atoms. The molecule has 0 aromatic carbocycles. The van der Waals surface area contributed by atoms with Crippen molar-refractivity contribution in [2.24, 2.45) is 0 Å². The van der Waals surface area contributed by atoms with Crippen LogP contribution in [-0.2, 0) is 6.18 Å². The van der Waals surface area contributed by atoms with E-state index in [0.29, 0.717) is 6.07 Å². The van der Waals surface area contributed by atoms with Crippen LogP contribution in [0.2, 0.25) is 0 Å². The van der Waals surface area contributed by atoms with E-state index in [1.54, 1.807) is 13.8 Å². The molecule has 1 heterocycles. The maximum atomic E-state index is 12.2. The Morgan fingerprint density at radius 3 is 2.29 bits per heavy atom. The van der Waals surface area contributed by atoms with Gasteiger partial charge < -0.3 is 15.6 Å². The molecule has 0 amide bonds. The Bertz CT molecular complexity index is 345. The monoisotopic (exact) mass is 253 g/mol. The largest absolute Gasteiger partial charge is 0.478 e. The Hall–Kier alpha value is -1.57. The van der Waals surface area contributed by atoms with Gasteiger partial charge in [0.25, 0.3) is 0 Å². The van der Waals surface area contributed by atoms with E-state index in [1.165, 1.54) is 0 Å². The number of alkyl halides is 3. The molecule has 5 nitrogen and oxygen atoms in total. The van der Waals surface area contributed by atoms with Gasteiger partial charge in [-0.05, 0) is 13.8 Å². The fourth-order valence-electron chi connectivity index (χ4n) is 0.810. The first-order valence-corrected chi connectivity index (χ1v) is 4.80. The van der Waals surface area contributed by atoms with E-state index in [1.807, 2.05) is 0 Å². The lowest BCUT2D eigenvalue weighted by molar-refractivity contribution is -0.141. The number of nitrogen functional groups attached to an aromatic ring is 1. The number of nitrogens with zero attached hydrogens (tertiary/aromatic N) is 2. The summed E-state index contributed by atoms with van der Waals surface area (Å²) in [6.45, 7) is 3.78. The molecule has 0 atom stereocenters. The van der Waals surface area contributed by atoms with E-state index in [0.717, 1.165) is 0 Å². The van der Waals surface area contributed by atoms with Gasteiger partial charge in [0.05, 0.1) is 6.61 Å². The van der Waals surface area contributed by atoms with Crippen LogP contribution in [0.5, 0.6) is 5.88 Å². The molecule has 0 fully saturated rings. The minimum atomic E-state index is -4.54. The second-order valence-corrected chi connectivity index (χ2v) is 2.70. The number of hydrogen-bond acceptors (Lipinski definition) is 5. The number of anilines is 1. The quantitative estimate of drug-likeness (QED) is 0.834. The second kappa shape index (κ2) is 6.89. The van der Waals surface area contributed by atoms with Crippen LogP contribution in [0, 0.1) is 0 Å². The van der Waals surface area contributed by atoms with E-state index in [9.17, 15) is 13.2 Å². The maximum Gasteiger partial charge on any atom is 0.433 e. The van der Waals surface area contributed by atoms with E-state index >= 15 is 0 Å². The smallest absolute Gasteiger partial charge is 0.433 e. The van der Waals surface area contributed by atoms with Crippen LogP contribution in [0.1, 0.15) is 19.5 Å². The normalized spacial score (nSPS) is 10.5. The third-order valence-electron chi connectivity index (χ3n) is 1.30. The van der Waals surface area contributed by atoms with E-state index in [4.69, 9.17) is 15.6 Å². The summed E-state index contributed by atoms with van der Waals surface area (Å²) >= 11 is 0. The van der Waals surface area contributed by atoms with Crippen LogP contribution < -0.4 is 10.5 Å². The lowest BCUT2D eigenvalue weighted by Gasteiger charge is -2.08. The average molecular weight is 253 g/mol. The number of aliphatic hydroxyl groups is 1. The first kappa shape index (κ1) is 15.4. The van der Waals surface area contributed by atoms with Gasteiger partial charge in [-0.25, -0.2) is 4.98 Å². The third kappa shape index (κ3) is 5.91. The number of aliphatic hydroxyl groups excluding tert-OH is 1. The van der Waals surface area contributed by atoms with Crippen molar-refractivity contribution >= 4 is 5.95 Å². The summed E-state index contributed by atoms with van der Waals surface area (Å²) in [7, 11) is 0. The van der Waals surface area contributed by atoms with E-state index < -0.39 is 17.8 Å². The van der Waals surface area contributed by atoms with Gasteiger partial charge in [-0.1, -0.05) is 0 Å². The minimum Gasteiger partial charge on any atom is -0.478 e. The minimum absolute atomic E-state index is 0.174. The number of ether oxygens (including phenoxy) is 1. The zero-order chi connectivity index (χ0) is 13.5. The summed E-state index contributed by atoms with van der Waals surface area (Å²) in [5.74, 6) is -0.629. The van der Waals surface area contributed by atoms with Crippen molar-refractivity contribution < 1.29 is 23.0 Å². The van der Waals surface area contributed by atoms with Gasteiger partial charge in [0.1, 0.15) is 0 Å². The molecular weight excluding hydrogens is 239 g/mol. The summed E-state index contributed by atoms with van der Waals surface area (Å²) in [5, 5.41) is 7.57. The molecular formula is C9H14F3N3O2. The molecule has 0 aliphatic rings. The lowest BCUT2D eigenvalue weighted by atomic mass is 10.4. The summed E-state index contributed by atoms with van der Waals surface area (Å²) in [6, 6.07) is 0.708. The van der Waals surface area contributed by atoms with Crippen LogP contribution >= 0.6 is 0 Å². The van der Waals surface area contributed by atoms with Crippen molar-refractivity contribution in [2.45, 2.75) is 20.0 Å². The summed E-state index contributed by atoms with van der Waals surface area (Å²) in [5.41, 5.74) is 3.98. The fourth-order valence-corrected chi connectivity index (χ4v) is 0.810. The molecule has 0 radical (unpaired) electrons. The SMILES string of the molecule is CCO.CCOc1cc(C(F)(F)F)nc(N)n1. The number of halogens is 3. The molecule has 8 heteroatoms. The van der Waals surface area contributed by atoms with E-state index in [2.05, 4.69) is 9.97 Å². The highest BCUT2D eigenvalue weighted by Gasteiger charge is 2.33. The van der Waals surface area contributed by atoms with Gasteiger partial charge in [0.2, 0.25) is 11.8 Å². The Kier molecular flexibility index (Phi) is 6.26. The van der Waals surface area contributed by atoms with Gasteiger partial charge in [0.15, 0.2) is 5.69 Å². The second-order valence-electron chi connectivity index (χ2n) is 2.70. The molecule has 0 aliphatic carbocycles. The fraction of sp³-hybridized carbons (Fsp3) is 0.556. The molecule has 3 N–H and O–H groups in total. The highest BCUT2D eigenvalue weighted by atomic mass is 19.4. The van der Waals surface area contributed by atoms with Gasteiger partial charge in [-0.15, -0.1) is 0 Å². The Labute approximate surface area is 96.4 Å². The Balaban J connectivity index is 0.000000770. The molecule has 1 aromatic rings. The topological polar surface area (TPSA) is 81.3 Å². The zero-order valence-electron chi connectivity index (χ0n) is 9.45. The molecule has 1 rings (SSSR count). The number of rotatable bonds is 2. The molecule has 0 aliphatic heterocycles. The summed E-state index contributed by atoms with van der Waals surface area (Å²) < 4.78 is 41.4. The van der Waals surface area contributed by atoms with Crippen molar-refractivity contribution in [3.8, 4) is 5.88 Å². The van der Waals surface area contributed by atoms with Crippen molar-refractivity contribution in [1.82, 2.24) is 9.97 Å². The first-order chi connectivity index (χ1) is 7.85. The zero-order valence-corrected chi connectivity index (χ0v) is 9.45. The predicted molar refractivity (Wildman–Crippen MR) is 55.4 cm³/mol. The van der Waals surface area contributed by atoms with Gasteiger partial charge in [-0.3, -0.25) is 0 Å². The highest BCUT2D eigenvalue weighted by molar-refractivity contribution is 5.27. The van der Waals surface area contributed by atoms with Crippen molar-refractivity contribution in [2.75, 3.05) is 18.9 Å². The third-order valence-corrected chi connectivity index (χ3v) is 1.30. The Morgan fingerprint density at radius 2 is 1.88 bits per heavy atom.